The molecule has 0 saturated heterocycles. The number of aromatic nitrogens is 1. The van der Waals surface area contributed by atoms with Gasteiger partial charge in [-0.05, 0) is 0 Å². The lowest BCUT2D eigenvalue weighted by atomic mass is 10.1. The average Bonchev–Trinajstić information content (AvgIpc) is 2.17. The lowest BCUT2D eigenvalue weighted by molar-refractivity contribution is 0.111. The summed E-state index contributed by atoms with van der Waals surface area (Å²) in [6, 6.07) is 1.39. The van der Waals surface area contributed by atoms with Gasteiger partial charge >= 0.3 is 0 Å². The molecule has 0 saturated carbocycles. The Morgan fingerprint density at radius 2 is 2.29 bits per heavy atom. The quantitative estimate of drug-likeness (QED) is 0.729. The molecule has 0 unspecified atom stereocenters. The first-order valence-electron chi connectivity index (χ1n) is 3.47. The van der Waals surface area contributed by atoms with E-state index >= 15 is 0 Å². The van der Waals surface area contributed by atoms with Gasteiger partial charge in [-0.15, -0.1) is 0 Å². The van der Waals surface area contributed by atoms with Crippen LogP contribution in [0.2, 0.25) is 0 Å². The summed E-state index contributed by atoms with van der Waals surface area (Å²) in [6.45, 7) is 0. The minimum Gasteiger partial charge on any atom is -0.504 e. The second kappa shape index (κ2) is 3.79. The Kier molecular flexibility index (Phi) is 2.72. The van der Waals surface area contributed by atoms with Crippen LogP contribution >= 0.6 is 0 Å². The molecule has 1 heterocycles. The third-order valence-electron chi connectivity index (χ3n) is 1.57. The summed E-state index contributed by atoms with van der Waals surface area (Å²) in [5.41, 5.74) is -1.72. The fourth-order valence-electron chi connectivity index (χ4n) is 0.899. The van der Waals surface area contributed by atoms with Gasteiger partial charge in [-0.3, -0.25) is 4.79 Å². The van der Waals surface area contributed by atoms with Crippen molar-refractivity contribution in [3.63, 3.8) is 0 Å². The van der Waals surface area contributed by atoms with E-state index in [1.54, 1.807) is 0 Å². The van der Waals surface area contributed by atoms with Crippen LogP contribution in [0.15, 0.2) is 6.20 Å². The molecule has 0 aliphatic carbocycles. The molecule has 0 bridgehead atoms. The number of halogens is 2. The van der Waals surface area contributed by atoms with Crippen LogP contribution < -0.4 is 0 Å². The lowest BCUT2D eigenvalue weighted by Crippen LogP contribution is -1.97. The number of aromatic hydroxyl groups is 1. The predicted octanol–water partition coefficient (Wildman–Crippen LogP) is 1.41. The Hall–Kier alpha value is -2.03. The average molecular weight is 198 g/mol. The summed E-state index contributed by atoms with van der Waals surface area (Å²) in [7, 11) is 0. The molecular weight excluding hydrogens is 194 g/mol. The van der Waals surface area contributed by atoms with Crippen molar-refractivity contribution in [3.8, 4) is 11.8 Å². The molecular formula is C8H4F2N2O2. The Morgan fingerprint density at radius 3 is 2.71 bits per heavy atom. The summed E-state index contributed by atoms with van der Waals surface area (Å²) < 4.78 is 24.5. The molecule has 0 spiro atoms. The largest absolute Gasteiger partial charge is 0.504 e. The van der Waals surface area contributed by atoms with Crippen LogP contribution in [0.1, 0.15) is 28.0 Å². The minimum atomic E-state index is -2.91. The molecule has 1 aromatic rings. The van der Waals surface area contributed by atoms with E-state index < -0.39 is 29.0 Å². The first kappa shape index (κ1) is 10.1. The second-order valence-electron chi connectivity index (χ2n) is 2.35. The predicted molar refractivity (Wildman–Crippen MR) is 41.0 cm³/mol. The van der Waals surface area contributed by atoms with E-state index in [4.69, 9.17) is 10.4 Å². The van der Waals surface area contributed by atoms with Crippen molar-refractivity contribution in [1.29, 1.82) is 5.26 Å². The summed E-state index contributed by atoms with van der Waals surface area (Å²) in [5, 5.41) is 17.7. The van der Waals surface area contributed by atoms with Gasteiger partial charge in [-0.25, -0.2) is 13.8 Å². The maximum Gasteiger partial charge on any atom is 0.266 e. The monoisotopic (exact) mass is 198 g/mol. The highest BCUT2D eigenvalue weighted by Gasteiger charge is 2.19. The fourth-order valence-corrected chi connectivity index (χ4v) is 0.899. The Balaban J connectivity index is 3.45. The van der Waals surface area contributed by atoms with Gasteiger partial charge in [0.15, 0.2) is 12.0 Å². The summed E-state index contributed by atoms with van der Waals surface area (Å²) in [4.78, 5) is 13.5. The van der Waals surface area contributed by atoms with Gasteiger partial charge in [0.2, 0.25) is 0 Å². The number of hydrogen-bond donors (Lipinski definition) is 1. The molecule has 0 amide bonds. The Labute approximate surface area is 77.4 Å². The van der Waals surface area contributed by atoms with Gasteiger partial charge in [-0.1, -0.05) is 0 Å². The number of carbonyl (C=O) groups is 1. The molecule has 0 atom stereocenters. The van der Waals surface area contributed by atoms with Crippen molar-refractivity contribution in [2.24, 2.45) is 0 Å². The van der Waals surface area contributed by atoms with Gasteiger partial charge in [0, 0.05) is 6.20 Å². The number of hydrogen-bond acceptors (Lipinski definition) is 4. The lowest BCUT2D eigenvalue weighted by Gasteiger charge is -2.04. The van der Waals surface area contributed by atoms with Crippen LogP contribution in [0.5, 0.6) is 5.75 Å². The van der Waals surface area contributed by atoms with E-state index in [1.165, 1.54) is 6.07 Å². The smallest absolute Gasteiger partial charge is 0.266 e. The number of rotatable bonds is 2. The van der Waals surface area contributed by atoms with E-state index in [1.807, 2.05) is 0 Å². The normalized spacial score (nSPS) is 9.86. The summed E-state index contributed by atoms with van der Waals surface area (Å²) in [6.07, 6.45) is -2.03. The third-order valence-corrected chi connectivity index (χ3v) is 1.57. The van der Waals surface area contributed by atoms with Crippen molar-refractivity contribution < 1.29 is 18.7 Å². The van der Waals surface area contributed by atoms with E-state index in [0.717, 1.165) is 0 Å². The molecule has 0 fully saturated rings. The van der Waals surface area contributed by atoms with Crippen LogP contribution in [0.4, 0.5) is 8.78 Å². The van der Waals surface area contributed by atoms with E-state index in [9.17, 15) is 13.6 Å². The first-order valence-corrected chi connectivity index (χ1v) is 3.47. The number of nitrogens with zero attached hydrogens (tertiary/aromatic N) is 2. The van der Waals surface area contributed by atoms with Crippen molar-refractivity contribution in [2.45, 2.75) is 6.43 Å². The van der Waals surface area contributed by atoms with Crippen LogP contribution in [0.25, 0.3) is 0 Å². The Bertz CT molecular complexity index is 413. The fraction of sp³-hybridized carbons (Fsp3) is 0.125. The maximum atomic E-state index is 12.2. The van der Waals surface area contributed by atoms with Gasteiger partial charge in [-0.2, -0.15) is 5.26 Å². The zero-order chi connectivity index (χ0) is 10.7. The zero-order valence-corrected chi connectivity index (χ0v) is 6.74. The summed E-state index contributed by atoms with van der Waals surface area (Å²) >= 11 is 0. The second-order valence-corrected chi connectivity index (χ2v) is 2.35. The van der Waals surface area contributed by atoms with Gasteiger partial charge in [0.1, 0.15) is 17.3 Å². The molecule has 4 nitrogen and oxygen atoms in total. The molecule has 0 radical (unpaired) electrons. The van der Waals surface area contributed by atoms with Gasteiger partial charge < -0.3 is 5.11 Å². The topological polar surface area (TPSA) is 74.0 Å². The van der Waals surface area contributed by atoms with Gasteiger partial charge in [0.05, 0.1) is 5.56 Å². The molecule has 72 valence electrons. The molecule has 1 aromatic heterocycles. The maximum absolute atomic E-state index is 12.2. The number of nitriles is 1. The molecule has 14 heavy (non-hydrogen) atoms. The highest BCUT2D eigenvalue weighted by molar-refractivity contribution is 5.78. The van der Waals surface area contributed by atoms with Crippen LogP contribution in [0.3, 0.4) is 0 Å². The van der Waals surface area contributed by atoms with Crippen LogP contribution in [0, 0.1) is 11.3 Å². The standard InChI is InChI=1S/C8H4F2N2O2/c9-8(10)5-2-12-6(3-13)7(14)4(5)1-11/h2-3,8,14H. The van der Waals surface area contributed by atoms with E-state index in [0.29, 0.717) is 6.20 Å². The molecule has 1 N–H and O–H groups in total. The highest BCUT2D eigenvalue weighted by atomic mass is 19.3. The highest BCUT2D eigenvalue weighted by Crippen LogP contribution is 2.28. The van der Waals surface area contributed by atoms with E-state index in [2.05, 4.69) is 4.98 Å². The SMILES string of the molecule is N#Cc1c(C(F)F)cnc(C=O)c1O. The van der Waals surface area contributed by atoms with E-state index in [-0.39, 0.29) is 6.29 Å². The summed E-state index contributed by atoms with van der Waals surface area (Å²) in [5.74, 6) is -0.805. The van der Waals surface area contributed by atoms with Crippen molar-refractivity contribution in [3.05, 3.63) is 23.0 Å². The van der Waals surface area contributed by atoms with Crippen molar-refractivity contribution in [1.82, 2.24) is 4.98 Å². The minimum absolute atomic E-state index is 0.186. The molecule has 1 rings (SSSR count). The number of carbonyl (C=O) groups excluding carboxylic acids is 1. The Morgan fingerprint density at radius 1 is 1.64 bits per heavy atom. The number of pyridine rings is 1. The third kappa shape index (κ3) is 1.52. The van der Waals surface area contributed by atoms with Crippen LogP contribution in [-0.2, 0) is 0 Å². The van der Waals surface area contributed by atoms with Crippen LogP contribution in [-0.4, -0.2) is 16.4 Å². The molecule has 6 heteroatoms. The number of aldehydes is 1. The molecule has 0 aliphatic heterocycles. The first-order chi connectivity index (χ1) is 6.61. The van der Waals surface area contributed by atoms with Crippen molar-refractivity contribution in [2.75, 3.05) is 0 Å². The zero-order valence-electron chi connectivity index (χ0n) is 6.74. The molecule has 0 aliphatic rings. The van der Waals surface area contributed by atoms with Crippen molar-refractivity contribution >= 4 is 6.29 Å². The number of alkyl halides is 2. The molecule has 0 aromatic carbocycles. The van der Waals surface area contributed by atoms with Gasteiger partial charge in [0.25, 0.3) is 6.43 Å².